The van der Waals surface area contributed by atoms with Crippen LogP contribution >= 0.6 is 22.7 Å². The molecule has 96 valence electrons. The lowest BCUT2D eigenvalue weighted by atomic mass is 10.3. The van der Waals surface area contributed by atoms with E-state index >= 15 is 0 Å². The van der Waals surface area contributed by atoms with Crippen LogP contribution in [0.2, 0.25) is 0 Å². The van der Waals surface area contributed by atoms with Crippen molar-refractivity contribution in [1.82, 2.24) is 9.97 Å². The van der Waals surface area contributed by atoms with Gasteiger partial charge in [0.05, 0.1) is 15.7 Å². The van der Waals surface area contributed by atoms with Gasteiger partial charge in [-0.3, -0.25) is 4.79 Å². The van der Waals surface area contributed by atoms with E-state index < -0.39 is 0 Å². The van der Waals surface area contributed by atoms with Crippen molar-refractivity contribution in [2.75, 3.05) is 5.32 Å². The number of aromatic nitrogens is 2. The van der Waals surface area contributed by atoms with E-state index in [0.29, 0.717) is 12.2 Å². The van der Waals surface area contributed by atoms with Gasteiger partial charge < -0.3 is 11.1 Å². The van der Waals surface area contributed by atoms with Crippen molar-refractivity contribution in [1.29, 1.82) is 0 Å². The van der Waals surface area contributed by atoms with E-state index in [0.717, 1.165) is 20.9 Å². The van der Waals surface area contributed by atoms with Crippen LogP contribution in [0, 0.1) is 0 Å². The lowest BCUT2D eigenvalue weighted by molar-refractivity contribution is 0.102. The van der Waals surface area contributed by atoms with Gasteiger partial charge in [0.1, 0.15) is 10.7 Å². The second-order valence-electron chi connectivity index (χ2n) is 3.82. The number of benzene rings is 1. The summed E-state index contributed by atoms with van der Waals surface area (Å²) in [6.07, 6.45) is 0. The second kappa shape index (κ2) is 5.04. The second-order valence-corrected chi connectivity index (χ2v) is 5.65. The molecule has 0 saturated heterocycles. The van der Waals surface area contributed by atoms with Crippen molar-refractivity contribution < 1.29 is 4.79 Å². The van der Waals surface area contributed by atoms with Crippen LogP contribution in [-0.4, -0.2) is 15.9 Å². The van der Waals surface area contributed by atoms with Crippen molar-refractivity contribution in [3.05, 3.63) is 39.8 Å². The summed E-state index contributed by atoms with van der Waals surface area (Å²) in [6.45, 7) is 0.352. The first-order valence-corrected chi connectivity index (χ1v) is 7.31. The summed E-state index contributed by atoms with van der Waals surface area (Å²) in [5.41, 5.74) is 9.33. The standard InChI is InChI=1S/C12H10N4OS2/c13-4-11-16-9(5-18-11)12(17)15-7-1-2-8-10(3-7)19-6-14-8/h1-3,5-6H,4,13H2,(H,15,17). The fraction of sp³-hybridized carbons (Fsp3) is 0.0833. The number of hydrogen-bond donors (Lipinski definition) is 2. The third-order valence-corrected chi connectivity index (χ3v) is 4.21. The van der Waals surface area contributed by atoms with Gasteiger partial charge in [-0.05, 0) is 18.2 Å². The number of carbonyl (C=O) groups excluding carboxylic acids is 1. The molecule has 1 amide bonds. The summed E-state index contributed by atoms with van der Waals surface area (Å²) in [6, 6.07) is 5.62. The number of thiazole rings is 2. The minimum Gasteiger partial charge on any atom is -0.325 e. The van der Waals surface area contributed by atoms with E-state index in [1.807, 2.05) is 18.2 Å². The molecule has 0 spiro atoms. The van der Waals surface area contributed by atoms with Crippen LogP contribution < -0.4 is 11.1 Å². The van der Waals surface area contributed by atoms with E-state index in [2.05, 4.69) is 15.3 Å². The molecule has 0 aliphatic heterocycles. The first kappa shape index (κ1) is 12.2. The first-order valence-electron chi connectivity index (χ1n) is 5.55. The number of fused-ring (bicyclic) bond motifs is 1. The van der Waals surface area contributed by atoms with Gasteiger partial charge >= 0.3 is 0 Å². The highest BCUT2D eigenvalue weighted by Gasteiger charge is 2.10. The Bertz CT molecular complexity index is 734. The lowest BCUT2D eigenvalue weighted by Crippen LogP contribution is -2.12. The predicted octanol–water partition coefficient (Wildman–Crippen LogP) is 2.46. The van der Waals surface area contributed by atoms with Gasteiger partial charge in [-0.25, -0.2) is 9.97 Å². The maximum atomic E-state index is 12.0. The fourth-order valence-corrected chi connectivity index (χ4v) is 3.01. The van der Waals surface area contributed by atoms with Gasteiger partial charge in [-0.15, -0.1) is 22.7 Å². The number of nitrogens with two attached hydrogens (primary N) is 1. The Hall–Kier alpha value is -1.83. The average molecular weight is 290 g/mol. The summed E-state index contributed by atoms with van der Waals surface area (Å²) in [5, 5.41) is 5.28. The maximum absolute atomic E-state index is 12.0. The SMILES string of the molecule is NCc1nc(C(=O)Nc2ccc3ncsc3c2)cs1. The van der Waals surface area contributed by atoms with Gasteiger partial charge in [0.25, 0.3) is 5.91 Å². The number of hydrogen-bond acceptors (Lipinski definition) is 6. The molecule has 5 nitrogen and oxygen atoms in total. The molecule has 0 radical (unpaired) electrons. The van der Waals surface area contributed by atoms with Gasteiger partial charge in [0.2, 0.25) is 0 Å². The zero-order valence-corrected chi connectivity index (χ0v) is 11.4. The van der Waals surface area contributed by atoms with Crippen molar-refractivity contribution in [3.8, 4) is 0 Å². The van der Waals surface area contributed by atoms with Crippen LogP contribution in [0.4, 0.5) is 5.69 Å². The van der Waals surface area contributed by atoms with Crippen LogP contribution in [0.3, 0.4) is 0 Å². The molecular weight excluding hydrogens is 280 g/mol. The third kappa shape index (κ3) is 2.48. The van der Waals surface area contributed by atoms with Crippen LogP contribution in [0.1, 0.15) is 15.5 Å². The van der Waals surface area contributed by atoms with E-state index in [4.69, 9.17) is 5.73 Å². The average Bonchev–Trinajstić information content (AvgIpc) is 3.06. The van der Waals surface area contributed by atoms with E-state index in [-0.39, 0.29) is 5.91 Å². The highest BCUT2D eigenvalue weighted by molar-refractivity contribution is 7.16. The zero-order valence-electron chi connectivity index (χ0n) is 9.79. The molecule has 0 aliphatic carbocycles. The van der Waals surface area contributed by atoms with E-state index in [1.54, 1.807) is 10.9 Å². The molecule has 1 aromatic carbocycles. The summed E-state index contributed by atoms with van der Waals surface area (Å²) < 4.78 is 1.04. The number of nitrogens with one attached hydrogen (secondary N) is 1. The molecule has 0 bridgehead atoms. The first-order chi connectivity index (χ1) is 9.26. The maximum Gasteiger partial charge on any atom is 0.275 e. The lowest BCUT2D eigenvalue weighted by Gasteiger charge is -2.02. The van der Waals surface area contributed by atoms with E-state index in [1.165, 1.54) is 22.7 Å². The van der Waals surface area contributed by atoms with Crippen molar-refractivity contribution >= 4 is 44.5 Å². The third-order valence-electron chi connectivity index (χ3n) is 2.55. The predicted molar refractivity (Wildman–Crippen MR) is 77.6 cm³/mol. The van der Waals surface area contributed by atoms with Crippen LogP contribution in [0.15, 0.2) is 29.1 Å². The Morgan fingerprint density at radius 1 is 1.37 bits per heavy atom. The number of carbonyl (C=O) groups is 1. The minimum absolute atomic E-state index is 0.222. The van der Waals surface area contributed by atoms with Crippen molar-refractivity contribution in [2.24, 2.45) is 5.73 Å². The molecule has 0 fully saturated rings. The van der Waals surface area contributed by atoms with Gasteiger partial charge in [0, 0.05) is 17.6 Å². The molecule has 0 saturated carbocycles. The van der Waals surface area contributed by atoms with Gasteiger partial charge in [0.15, 0.2) is 0 Å². The molecule has 0 aliphatic rings. The molecule has 19 heavy (non-hydrogen) atoms. The summed E-state index contributed by atoms with van der Waals surface area (Å²) in [4.78, 5) is 20.3. The Kier molecular flexibility index (Phi) is 3.24. The number of nitrogens with zero attached hydrogens (tertiary/aromatic N) is 2. The van der Waals surface area contributed by atoms with Crippen LogP contribution in [0.5, 0.6) is 0 Å². The zero-order chi connectivity index (χ0) is 13.2. The van der Waals surface area contributed by atoms with Gasteiger partial charge in [-0.1, -0.05) is 0 Å². The van der Waals surface area contributed by atoms with Crippen molar-refractivity contribution in [3.63, 3.8) is 0 Å². The summed E-state index contributed by atoms with van der Waals surface area (Å²) in [5.74, 6) is -0.222. The largest absolute Gasteiger partial charge is 0.325 e. The number of rotatable bonds is 3. The monoisotopic (exact) mass is 290 g/mol. The quantitative estimate of drug-likeness (QED) is 0.776. The van der Waals surface area contributed by atoms with Crippen LogP contribution in [-0.2, 0) is 6.54 Å². The normalized spacial score (nSPS) is 10.8. The molecule has 7 heteroatoms. The highest BCUT2D eigenvalue weighted by atomic mass is 32.1. The Labute approximate surface area is 117 Å². The van der Waals surface area contributed by atoms with Crippen molar-refractivity contribution in [2.45, 2.75) is 6.54 Å². The molecule has 3 rings (SSSR count). The topological polar surface area (TPSA) is 80.9 Å². The Balaban J connectivity index is 1.81. The smallest absolute Gasteiger partial charge is 0.275 e. The molecule has 3 aromatic rings. The molecule has 0 unspecified atom stereocenters. The fourth-order valence-electron chi connectivity index (χ4n) is 1.64. The number of anilines is 1. The number of amides is 1. The summed E-state index contributed by atoms with van der Waals surface area (Å²) in [7, 11) is 0. The van der Waals surface area contributed by atoms with Gasteiger partial charge in [-0.2, -0.15) is 0 Å². The Morgan fingerprint density at radius 2 is 2.26 bits per heavy atom. The molecular formula is C12H10N4OS2. The molecule has 3 N–H and O–H groups in total. The Morgan fingerprint density at radius 3 is 3.05 bits per heavy atom. The molecule has 0 atom stereocenters. The minimum atomic E-state index is -0.222. The molecule has 2 aromatic heterocycles. The van der Waals surface area contributed by atoms with E-state index in [9.17, 15) is 4.79 Å². The summed E-state index contributed by atoms with van der Waals surface area (Å²) >= 11 is 2.93. The molecule has 2 heterocycles. The highest BCUT2D eigenvalue weighted by Crippen LogP contribution is 2.22. The van der Waals surface area contributed by atoms with Crippen LogP contribution in [0.25, 0.3) is 10.2 Å².